The van der Waals surface area contributed by atoms with E-state index in [1.54, 1.807) is 0 Å². The minimum atomic E-state index is -3.77. The molecule has 8 heteroatoms. The van der Waals surface area contributed by atoms with Gasteiger partial charge >= 0.3 is 5.97 Å². The van der Waals surface area contributed by atoms with Gasteiger partial charge in [-0.05, 0) is 36.7 Å². The van der Waals surface area contributed by atoms with E-state index in [0.29, 0.717) is 19.5 Å². The molecule has 0 saturated carbocycles. The molecule has 6 nitrogen and oxygen atoms in total. The van der Waals surface area contributed by atoms with E-state index in [2.05, 4.69) is 4.74 Å². The molecule has 0 unspecified atom stereocenters. The van der Waals surface area contributed by atoms with Crippen molar-refractivity contribution in [1.29, 1.82) is 0 Å². The Bertz CT molecular complexity index is 813. The van der Waals surface area contributed by atoms with E-state index in [1.165, 1.54) is 35.7 Å². The van der Waals surface area contributed by atoms with Crippen LogP contribution < -0.4 is 5.73 Å². The summed E-state index contributed by atoms with van der Waals surface area (Å²) in [6.07, 6.45) is 0.544. The molecule has 0 radical (unpaired) electrons. The molecule has 0 aliphatic rings. The summed E-state index contributed by atoms with van der Waals surface area (Å²) in [5.41, 5.74) is 6.63. The lowest BCUT2D eigenvalue weighted by atomic mass is 10.2. The van der Waals surface area contributed by atoms with Gasteiger partial charge in [0.1, 0.15) is 0 Å². The molecule has 0 fully saturated rings. The summed E-state index contributed by atoms with van der Waals surface area (Å²) in [6, 6.07) is 15.2. The van der Waals surface area contributed by atoms with Gasteiger partial charge in [-0.2, -0.15) is 4.31 Å². The fourth-order valence-corrected chi connectivity index (χ4v) is 3.90. The molecule has 142 valence electrons. The van der Waals surface area contributed by atoms with Crippen LogP contribution in [-0.4, -0.2) is 38.9 Å². The maximum atomic E-state index is 13.0. The summed E-state index contributed by atoms with van der Waals surface area (Å²) < 4.78 is 32.1. The first-order valence-corrected chi connectivity index (χ1v) is 9.35. The molecule has 0 heterocycles. The average molecular weight is 399 g/mol. The summed E-state index contributed by atoms with van der Waals surface area (Å²) >= 11 is 0. The summed E-state index contributed by atoms with van der Waals surface area (Å²) in [5, 5.41) is 0. The molecule has 26 heavy (non-hydrogen) atoms. The standard InChI is InChI=1S/C18H22N2O4S.ClH/c1-24-18(21)16-9-5-10-17(13-16)25(22,23)20(12-6-11-19)14-15-7-3-2-4-8-15;/h2-5,7-10,13H,6,11-12,14,19H2,1H3;1H. The fourth-order valence-electron chi connectivity index (χ4n) is 2.39. The zero-order valence-corrected chi connectivity index (χ0v) is 16.1. The van der Waals surface area contributed by atoms with Crippen molar-refractivity contribution in [3.8, 4) is 0 Å². The monoisotopic (exact) mass is 398 g/mol. The molecule has 0 atom stereocenters. The second kappa shape index (κ2) is 10.3. The van der Waals surface area contributed by atoms with Crippen LogP contribution in [0.15, 0.2) is 59.5 Å². The summed E-state index contributed by atoms with van der Waals surface area (Å²) in [4.78, 5) is 11.7. The van der Waals surface area contributed by atoms with Crippen LogP contribution in [0.1, 0.15) is 22.3 Å². The molecule has 0 amide bonds. The van der Waals surface area contributed by atoms with Crippen molar-refractivity contribution in [3.05, 3.63) is 65.7 Å². The van der Waals surface area contributed by atoms with E-state index in [0.717, 1.165) is 5.56 Å². The van der Waals surface area contributed by atoms with Crippen molar-refractivity contribution in [2.45, 2.75) is 17.9 Å². The Labute approximate surface area is 160 Å². The number of nitrogens with zero attached hydrogens (tertiary/aromatic N) is 1. The summed E-state index contributed by atoms with van der Waals surface area (Å²) in [5.74, 6) is -0.575. The van der Waals surface area contributed by atoms with Gasteiger partial charge < -0.3 is 10.5 Å². The molecule has 0 bridgehead atoms. The van der Waals surface area contributed by atoms with Crippen LogP contribution in [0.2, 0.25) is 0 Å². The number of halogens is 1. The smallest absolute Gasteiger partial charge is 0.337 e. The first-order valence-electron chi connectivity index (χ1n) is 7.91. The molecular weight excluding hydrogens is 376 g/mol. The Hall–Kier alpha value is -1.93. The highest BCUT2D eigenvalue weighted by molar-refractivity contribution is 7.89. The fraction of sp³-hybridized carbons (Fsp3) is 0.278. The van der Waals surface area contributed by atoms with Crippen molar-refractivity contribution in [1.82, 2.24) is 4.31 Å². The number of carbonyl (C=O) groups is 1. The normalized spacial score (nSPS) is 11.0. The van der Waals surface area contributed by atoms with Crippen molar-refractivity contribution in [2.75, 3.05) is 20.2 Å². The molecular formula is C18H23ClN2O4S. The number of methoxy groups -OCH3 is 1. The number of benzene rings is 2. The molecule has 2 aromatic carbocycles. The van der Waals surface area contributed by atoms with Crippen LogP contribution >= 0.6 is 12.4 Å². The van der Waals surface area contributed by atoms with E-state index in [9.17, 15) is 13.2 Å². The minimum Gasteiger partial charge on any atom is -0.465 e. The second-order valence-electron chi connectivity index (χ2n) is 5.49. The SMILES string of the molecule is COC(=O)c1cccc(S(=O)(=O)N(CCCN)Cc2ccccc2)c1.Cl. The van der Waals surface area contributed by atoms with Gasteiger partial charge in [-0.3, -0.25) is 0 Å². The van der Waals surface area contributed by atoms with Gasteiger partial charge in [0.15, 0.2) is 0 Å². The molecule has 0 aliphatic heterocycles. The van der Waals surface area contributed by atoms with E-state index in [4.69, 9.17) is 5.73 Å². The van der Waals surface area contributed by atoms with Gasteiger partial charge in [0, 0.05) is 13.1 Å². The van der Waals surface area contributed by atoms with Gasteiger partial charge in [-0.25, -0.2) is 13.2 Å². The lowest BCUT2D eigenvalue weighted by Gasteiger charge is -2.22. The maximum Gasteiger partial charge on any atom is 0.337 e. The number of ether oxygens (including phenoxy) is 1. The molecule has 2 aromatic rings. The lowest BCUT2D eigenvalue weighted by molar-refractivity contribution is 0.0600. The Morgan fingerprint density at radius 3 is 2.42 bits per heavy atom. The zero-order chi connectivity index (χ0) is 18.3. The van der Waals surface area contributed by atoms with E-state index >= 15 is 0 Å². The van der Waals surface area contributed by atoms with Crippen LogP contribution in [0.3, 0.4) is 0 Å². The number of nitrogens with two attached hydrogens (primary N) is 1. The molecule has 0 aromatic heterocycles. The molecule has 2 rings (SSSR count). The third-order valence-corrected chi connectivity index (χ3v) is 5.55. The first-order chi connectivity index (χ1) is 12.0. The third-order valence-electron chi connectivity index (χ3n) is 3.71. The van der Waals surface area contributed by atoms with E-state index < -0.39 is 16.0 Å². The molecule has 0 aliphatic carbocycles. The number of hydrogen-bond donors (Lipinski definition) is 1. The van der Waals surface area contributed by atoms with Crippen molar-refractivity contribution in [3.63, 3.8) is 0 Å². The van der Waals surface area contributed by atoms with Crippen LogP contribution in [0.25, 0.3) is 0 Å². The molecule has 0 spiro atoms. The lowest BCUT2D eigenvalue weighted by Crippen LogP contribution is -2.32. The number of esters is 1. The second-order valence-corrected chi connectivity index (χ2v) is 7.42. The largest absolute Gasteiger partial charge is 0.465 e. The van der Waals surface area contributed by atoms with Gasteiger partial charge in [-0.15, -0.1) is 12.4 Å². The Morgan fingerprint density at radius 1 is 1.12 bits per heavy atom. The van der Waals surface area contributed by atoms with Crippen molar-refractivity contribution < 1.29 is 17.9 Å². The maximum absolute atomic E-state index is 13.0. The highest BCUT2D eigenvalue weighted by Crippen LogP contribution is 2.20. The first kappa shape index (κ1) is 22.1. The van der Waals surface area contributed by atoms with Gasteiger partial charge in [0.25, 0.3) is 0 Å². The number of sulfonamides is 1. The van der Waals surface area contributed by atoms with Crippen molar-refractivity contribution in [2.24, 2.45) is 5.73 Å². The highest BCUT2D eigenvalue weighted by atomic mass is 35.5. The van der Waals surface area contributed by atoms with Crippen LogP contribution in [0.5, 0.6) is 0 Å². The van der Waals surface area contributed by atoms with E-state index in [1.807, 2.05) is 30.3 Å². The zero-order valence-electron chi connectivity index (χ0n) is 14.5. The minimum absolute atomic E-state index is 0. The van der Waals surface area contributed by atoms with Gasteiger partial charge in [-0.1, -0.05) is 36.4 Å². The summed E-state index contributed by atoms with van der Waals surface area (Å²) in [6.45, 7) is 0.935. The summed E-state index contributed by atoms with van der Waals surface area (Å²) in [7, 11) is -2.51. The Morgan fingerprint density at radius 2 is 1.81 bits per heavy atom. The molecule has 0 saturated heterocycles. The number of carbonyl (C=O) groups excluding carboxylic acids is 1. The van der Waals surface area contributed by atoms with Gasteiger partial charge in [0.05, 0.1) is 17.6 Å². The van der Waals surface area contributed by atoms with Gasteiger partial charge in [0.2, 0.25) is 10.0 Å². The van der Waals surface area contributed by atoms with E-state index in [-0.39, 0.29) is 29.4 Å². The third kappa shape index (κ3) is 5.54. The topological polar surface area (TPSA) is 89.7 Å². The van der Waals surface area contributed by atoms with Crippen LogP contribution in [0, 0.1) is 0 Å². The predicted molar refractivity (Wildman–Crippen MR) is 103 cm³/mol. The molecule has 2 N–H and O–H groups in total. The Balaban J connectivity index is 0.00000338. The number of rotatable bonds is 8. The Kier molecular flexibility index (Phi) is 8.74. The van der Waals surface area contributed by atoms with Crippen LogP contribution in [0.4, 0.5) is 0 Å². The quantitative estimate of drug-likeness (QED) is 0.690. The van der Waals surface area contributed by atoms with Crippen molar-refractivity contribution >= 4 is 28.4 Å². The average Bonchev–Trinajstić information content (AvgIpc) is 2.65. The van der Waals surface area contributed by atoms with Crippen LogP contribution in [-0.2, 0) is 21.3 Å². The number of hydrogen-bond acceptors (Lipinski definition) is 5. The highest BCUT2D eigenvalue weighted by Gasteiger charge is 2.25. The predicted octanol–water partition coefficient (Wildman–Crippen LogP) is 2.43.